The first kappa shape index (κ1) is 16.3. The summed E-state index contributed by atoms with van der Waals surface area (Å²) in [7, 11) is 0. The maximum Gasteiger partial charge on any atom is 0.315 e. The van der Waals surface area contributed by atoms with Gasteiger partial charge in [0.2, 0.25) is 11.8 Å². The van der Waals surface area contributed by atoms with Crippen LogP contribution in [0.25, 0.3) is 0 Å². The van der Waals surface area contributed by atoms with Crippen LogP contribution in [-0.4, -0.2) is 35.4 Å². The van der Waals surface area contributed by atoms with E-state index < -0.39 is 5.25 Å². The SMILES string of the molecule is CCOC(=O)CSC1CC(=O)N(c2cccc(I)c2)C1=O. The third kappa shape index (κ3) is 3.97. The number of nitrogens with zero attached hydrogens (tertiary/aromatic N) is 1. The summed E-state index contributed by atoms with van der Waals surface area (Å²) in [5.74, 6) is -0.785. The van der Waals surface area contributed by atoms with E-state index in [0.29, 0.717) is 12.3 Å². The van der Waals surface area contributed by atoms with Gasteiger partial charge in [-0.15, -0.1) is 11.8 Å². The molecule has 1 aliphatic rings. The lowest BCUT2D eigenvalue weighted by Crippen LogP contribution is -2.31. The molecule has 5 nitrogen and oxygen atoms in total. The summed E-state index contributed by atoms with van der Waals surface area (Å²) in [5.41, 5.74) is 0.580. The van der Waals surface area contributed by atoms with Gasteiger partial charge < -0.3 is 4.74 Å². The van der Waals surface area contributed by atoms with Crippen molar-refractivity contribution < 1.29 is 19.1 Å². The molecule has 0 spiro atoms. The van der Waals surface area contributed by atoms with Crippen LogP contribution < -0.4 is 4.90 Å². The topological polar surface area (TPSA) is 63.7 Å². The van der Waals surface area contributed by atoms with Crippen molar-refractivity contribution in [1.82, 2.24) is 0 Å². The van der Waals surface area contributed by atoms with Gasteiger partial charge >= 0.3 is 5.97 Å². The summed E-state index contributed by atoms with van der Waals surface area (Å²) in [6.07, 6.45) is 0.119. The van der Waals surface area contributed by atoms with Crippen molar-refractivity contribution in [2.45, 2.75) is 18.6 Å². The first-order valence-corrected chi connectivity index (χ1v) is 8.55. The van der Waals surface area contributed by atoms with Crippen molar-refractivity contribution in [1.29, 1.82) is 0 Å². The van der Waals surface area contributed by atoms with Gasteiger partial charge in [0.05, 0.1) is 23.3 Å². The van der Waals surface area contributed by atoms with Crippen LogP contribution in [-0.2, 0) is 19.1 Å². The average Bonchev–Trinajstić information content (AvgIpc) is 2.71. The second-order valence-corrected chi connectivity index (χ2v) is 6.79. The van der Waals surface area contributed by atoms with Crippen LogP contribution in [0.3, 0.4) is 0 Å². The lowest BCUT2D eigenvalue weighted by atomic mass is 10.3. The first-order valence-electron chi connectivity index (χ1n) is 6.42. The van der Waals surface area contributed by atoms with Crippen molar-refractivity contribution in [2.24, 2.45) is 0 Å². The van der Waals surface area contributed by atoms with Crippen LogP contribution >= 0.6 is 34.4 Å². The van der Waals surface area contributed by atoms with E-state index in [2.05, 4.69) is 22.6 Å². The number of thioether (sulfide) groups is 1. The Morgan fingerprint density at radius 3 is 2.90 bits per heavy atom. The summed E-state index contributed by atoms with van der Waals surface area (Å²) in [6, 6.07) is 7.21. The van der Waals surface area contributed by atoms with Gasteiger partial charge in [0.1, 0.15) is 0 Å². The second-order valence-electron chi connectivity index (χ2n) is 4.36. The minimum absolute atomic E-state index is 0.0810. The highest BCUT2D eigenvalue weighted by molar-refractivity contribution is 14.1. The number of amides is 2. The molecule has 0 bridgehead atoms. The fourth-order valence-electron chi connectivity index (χ4n) is 1.99. The molecule has 0 radical (unpaired) electrons. The minimum Gasteiger partial charge on any atom is -0.465 e. The predicted molar refractivity (Wildman–Crippen MR) is 89.1 cm³/mol. The Morgan fingerprint density at radius 2 is 2.24 bits per heavy atom. The molecule has 2 rings (SSSR count). The van der Waals surface area contributed by atoms with Crippen LogP contribution in [0.15, 0.2) is 24.3 Å². The number of anilines is 1. The normalized spacial score (nSPS) is 18.2. The van der Waals surface area contributed by atoms with Crippen molar-refractivity contribution in [3.05, 3.63) is 27.8 Å². The van der Waals surface area contributed by atoms with Gasteiger partial charge in [0, 0.05) is 9.99 Å². The molecule has 1 atom stereocenters. The summed E-state index contributed by atoms with van der Waals surface area (Å²) >= 11 is 3.29. The Labute approximate surface area is 140 Å². The standard InChI is InChI=1S/C14H14INO4S/c1-2-20-13(18)8-21-11-7-12(17)16(14(11)19)10-5-3-4-9(15)6-10/h3-6,11H,2,7-8H2,1H3. The maximum atomic E-state index is 12.3. The number of carbonyl (C=O) groups excluding carboxylic acids is 3. The number of ether oxygens (including phenoxy) is 1. The van der Waals surface area contributed by atoms with Crippen molar-refractivity contribution in [3.8, 4) is 0 Å². The molecule has 112 valence electrons. The lowest BCUT2D eigenvalue weighted by molar-refractivity contribution is -0.139. The van der Waals surface area contributed by atoms with E-state index in [4.69, 9.17) is 4.74 Å². The van der Waals surface area contributed by atoms with Crippen LogP contribution in [0.4, 0.5) is 5.69 Å². The van der Waals surface area contributed by atoms with Crippen LogP contribution in [0.1, 0.15) is 13.3 Å². The molecule has 7 heteroatoms. The molecule has 1 saturated heterocycles. The number of imide groups is 1. The van der Waals surface area contributed by atoms with Crippen LogP contribution in [0.5, 0.6) is 0 Å². The van der Waals surface area contributed by atoms with Gasteiger partial charge in [-0.25, -0.2) is 4.90 Å². The van der Waals surface area contributed by atoms with E-state index in [1.165, 1.54) is 4.90 Å². The number of rotatable bonds is 5. The molecule has 1 heterocycles. The monoisotopic (exact) mass is 419 g/mol. The molecule has 0 N–H and O–H groups in total. The first-order chi connectivity index (χ1) is 10.0. The Kier molecular flexibility index (Phi) is 5.63. The van der Waals surface area contributed by atoms with Gasteiger partial charge in [0.25, 0.3) is 0 Å². The molecule has 21 heavy (non-hydrogen) atoms. The van der Waals surface area contributed by atoms with E-state index in [9.17, 15) is 14.4 Å². The van der Waals surface area contributed by atoms with Gasteiger partial charge in [0.15, 0.2) is 0 Å². The Morgan fingerprint density at radius 1 is 1.48 bits per heavy atom. The third-order valence-corrected chi connectivity index (χ3v) is 4.72. The molecular weight excluding hydrogens is 405 g/mol. The number of hydrogen-bond donors (Lipinski definition) is 0. The van der Waals surface area contributed by atoms with Crippen molar-refractivity contribution >= 4 is 57.8 Å². The van der Waals surface area contributed by atoms with Gasteiger partial charge in [-0.05, 0) is 47.7 Å². The zero-order valence-corrected chi connectivity index (χ0v) is 14.3. The number of benzene rings is 1. The fourth-order valence-corrected chi connectivity index (χ4v) is 3.45. The average molecular weight is 419 g/mol. The van der Waals surface area contributed by atoms with E-state index in [0.717, 1.165) is 15.3 Å². The maximum absolute atomic E-state index is 12.3. The fraction of sp³-hybridized carbons (Fsp3) is 0.357. The summed E-state index contributed by atoms with van der Waals surface area (Å²) < 4.78 is 5.77. The summed E-state index contributed by atoms with van der Waals surface area (Å²) in [4.78, 5) is 36.9. The third-order valence-electron chi connectivity index (χ3n) is 2.88. The number of esters is 1. The molecule has 0 saturated carbocycles. The Hall–Kier alpha value is -1.09. The molecule has 1 aromatic carbocycles. The molecule has 1 unspecified atom stereocenters. The summed E-state index contributed by atoms with van der Waals surface area (Å²) in [5, 5.41) is -0.514. The lowest BCUT2D eigenvalue weighted by Gasteiger charge is -2.15. The van der Waals surface area contributed by atoms with Crippen molar-refractivity contribution in [2.75, 3.05) is 17.3 Å². The number of halogens is 1. The Bertz CT molecular complexity index is 578. The zero-order valence-electron chi connectivity index (χ0n) is 11.4. The largest absolute Gasteiger partial charge is 0.465 e. The van der Waals surface area contributed by atoms with E-state index >= 15 is 0 Å². The highest BCUT2D eigenvalue weighted by Gasteiger charge is 2.40. The van der Waals surface area contributed by atoms with Crippen LogP contribution in [0, 0.1) is 3.57 Å². The number of hydrogen-bond acceptors (Lipinski definition) is 5. The Balaban J connectivity index is 2.05. The quantitative estimate of drug-likeness (QED) is 0.416. The highest BCUT2D eigenvalue weighted by Crippen LogP contribution is 2.30. The van der Waals surface area contributed by atoms with Gasteiger partial charge in [-0.1, -0.05) is 6.07 Å². The molecule has 0 aliphatic carbocycles. The molecule has 0 aromatic heterocycles. The summed E-state index contributed by atoms with van der Waals surface area (Å²) in [6.45, 7) is 2.04. The van der Waals surface area contributed by atoms with E-state index in [1.54, 1.807) is 25.1 Å². The second kappa shape index (κ2) is 7.26. The number of carbonyl (C=O) groups is 3. The molecule has 1 aliphatic heterocycles. The van der Waals surface area contributed by atoms with Gasteiger partial charge in [-0.2, -0.15) is 0 Å². The van der Waals surface area contributed by atoms with E-state index in [1.807, 2.05) is 6.07 Å². The smallest absolute Gasteiger partial charge is 0.315 e. The molecule has 1 aromatic rings. The zero-order chi connectivity index (χ0) is 15.4. The van der Waals surface area contributed by atoms with Gasteiger partial charge in [-0.3, -0.25) is 14.4 Å². The van der Waals surface area contributed by atoms with Crippen molar-refractivity contribution in [3.63, 3.8) is 0 Å². The molecular formula is C14H14INO4S. The van der Waals surface area contributed by atoms with Crippen LogP contribution in [0.2, 0.25) is 0 Å². The highest BCUT2D eigenvalue weighted by atomic mass is 127. The van der Waals surface area contributed by atoms with E-state index in [-0.39, 0.29) is 30.0 Å². The minimum atomic E-state index is -0.514. The molecule has 1 fully saturated rings. The molecule has 2 amide bonds. The predicted octanol–water partition coefficient (Wildman–Crippen LogP) is 2.22.